The van der Waals surface area contributed by atoms with Crippen LogP contribution in [-0.4, -0.2) is 57.4 Å². The molecular weight excluding hydrogens is 400 g/mol. The Morgan fingerprint density at radius 1 is 0.875 bits per heavy atom. The van der Waals surface area contributed by atoms with Gasteiger partial charge in [-0.2, -0.15) is 5.10 Å². The van der Waals surface area contributed by atoms with Crippen LogP contribution in [0.15, 0.2) is 42.7 Å². The summed E-state index contributed by atoms with van der Waals surface area (Å²) < 4.78 is 1.80. The van der Waals surface area contributed by atoms with Crippen molar-refractivity contribution in [3.63, 3.8) is 0 Å². The van der Waals surface area contributed by atoms with Crippen molar-refractivity contribution in [1.29, 1.82) is 0 Å². The average Bonchev–Trinajstić information content (AvgIpc) is 3.47. The molecule has 1 aromatic carbocycles. The van der Waals surface area contributed by atoms with Crippen molar-refractivity contribution in [2.75, 3.05) is 26.2 Å². The topological polar surface area (TPSA) is 57.9 Å². The highest BCUT2D eigenvalue weighted by Gasteiger charge is 2.27. The Balaban J connectivity index is 1.31. The zero-order valence-corrected chi connectivity index (χ0v) is 18.9. The molecule has 6 heteroatoms. The lowest BCUT2D eigenvalue weighted by atomic mass is 9.89. The van der Waals surface area contributed by atoms with Gasteiger partial charge in [-0.15, -0.1) is 0 Å². The fourth-order valence-corrected chi connectivity index (χ4v) is 5.20. The van der Waals surface area contributed by atoms with Crippen LogP contribution in [0.1, 0.15) is 69.0 Å². The third-order valence-corrected chi connectivity index (χ3v) is 6.89. The minimum absolute atomic E-state index is 0.0866. The maximum Gasteiger partial charge on any atom is 0.257 e. The summed E-state index contributed by atoms with van der Waals surface area (Å²) in [5.41, 5.74) is 5.83. The van der Waals surface area contributed by atoms with E-state index in [2.05, 4.69) is 23.3 Å². The Kier molecular flexibility index (Phi) is 5.45. The summed E-state index contributed by atoms with van der Waals surface area (Å²) in [6.45, 7) is 7.24. The minimum atomic E-state index is 0.0866. The molecule has 0 saturated carbocycles. The van der Waals surface area contributed by atoms with Crippen LogP contribution in [0.25, 0.3) is 5.52 Å². The van der Waals surface area contributed by atoms with Crippen LogP contribution < -0.4 is 0 Å². The minimum Gasteiger partial charge on any atom is -0.339 e. The van der Waals surface area contributed by atoms with Gasteiger partial charge in [-0.25, -0.2) is 4.52 Å². The number of hydrogen-bond donors (Lipinski definition) is 0. The van der Waals surface area contributed by atoms with Crippen molar-refractivity contribution >= 4 is 17.3 Å². The molecule has 0 aliphatic carbocycles. The molecule has 3 aromatic rings. The Bertz CT molecular complexity index is 1150. The fourth-order valence-electron chi connectivity index (χ4n) is 5.20. The number of nitrogens with zero attached hydrogens (tertiary/aromatic N) is 4. The van der Waals surface area contributed by atoms with Crippen LogP contribution in [0.3, 0.4) is 0 Å². The molecule has 2 aliphatic heterocycles. The van der Waals surface area contributed by atoms with E-state index < -0.39 is 0 Å². The lowest BCUT2D eigenvalue weighted by molar-refractivity contribution is 0.0712. The van der Waals surface area contributed by atoms with Gasteiger partial charge < -0.3 is 9.80 Å². The first-order valence-electron chi connectivity index (χ1n) is 11.6. The van der Waals surface area contributed by atoms with Crippen molar-refractivity contribution in [3.05, 3.63) is 70.5 Å². The van der Waals surface area contributed by atoms with Crippen LogP contribution >= 0.6 is 0 Å². The van der Waals surface area contributed by atoms with Gasteiger partial charge in [-0.1, -0.05) is 17.2 Å². The standard InChI is InChI=1S/C26H30N4O2/c1-18-13-19(2)15-22(14-18)25(31)29-10-5-20(6-11-29)21-7-12-30-24(16-21)23(17-27-30)26(32)28-8-3-4-9-28/h7,12-17,20H,3-6,8-11H2,1-2H3. The normalized spacial score (nSPS) is 17.3. The van der Waals surface area contributed by atoms with Crippen LogP contribution in [-0.2, 0) is 0 Å². The molecule has 4 heterocycles. The number of aryl methyl sites for hydroxylation is 2. The molecule has 0 atom stereocenters. The number of rotatable bonds is 3. The molecule has 2 amide bonds. The number of piperidine rings is 1. The van der Waals surface area contributed by atoms with E-state index in [-0.39, 0.29) is 11.8 Å². The van der Waals surface area contributed by atoms with Gasteiger partial charge in [-0.05, 0) is 75.3 Å². The Hall–Kier alpha value is -3.15. The number of pyridine rings is 1. The summed E-state index contributed by atoms with van der Waals surface area (Å²) >= 11 is 0. The molecule has 2 aromatic heterocycles. The van der Waals surface area contributed by atoms with E-state index in [1.807, 2.05) is 42.0 Å². The lowest BCUT2D eigenvalue weighted by Crippen LogP contribution is -2.38. The largest absolute Gasteiger partial charge is 0.339 e. The van der Waals surface area contributed by atoms with Crippen LogP contribution in [0.5, 0.6) is 0 Å². The van der Waals surface area contributed by atoms with Crippen molar-refractivity contribution in [2.45, 2.75) is 45.4 Å². The fraction of sp³-hybridized carbons (Fsp3) is 0.423. The number of benzene rings is 1. The van der Waals surface area contributed by atoms with E-state index in [4.69, 9.17) is 0 Å². The molecule has 0 N–H and O–H groups in total. The van der Waals surface area contributed by atoms with Crippen LogP contribution in [0.2, 0.25) is 0 Å². The predicted molar refractivity (Wildman–Crippen MR) is 124 cm³/mol. The van der Waals surface area contributed by atoms with Gasteiger partial charge in [-0.3, -0.25) is 9.59 Å². The van der Waals surface area contributed by atoms with Gasteiger partial charge in [0.05, 0.1) is 17.3 Å². The van der Waals surface area contributed by atoms with Crippen molar-refractivity contribution in [2.24, 2.45) is 0 Å². The van der Waals surface area contributed by atoms with Crippen LogP contribution in [0, 0.1) is 13.8 Å². The summed E-state index contributed by atoms with van der Waals surface area (Å²) in [5.74, 6) is 0.594. The molecular formula is C26H30N4O2. The van der Waals surface area contributed by atoms with E-state index in [1.165, 1.54) is 5.56 Å². The molecule has 0 spiro atoms. The summed E-state index contributed by atoms with van der Waals surface area (Å²) in [6, 6.07) is 10.3. The highest BCUT2D eigenvalue weighted by molar-refractivity contribution is 6.00. The number of fused-ring (bicyclic) bond motifs is 1. The zero-order valence-electron chi connectivity index (χ0n) is 18.9. The zero-order chi connectivity index (χ0) is 22.2. The number of aromatic nitrogens is 2. The second-order valence-electron chi connectivity index (χ2n) is 9.29. The Labute approximate surface area is 188 Å². The first-order valence-corrected chi connectivity index (χ1v) is 11.6. The van der Waals surface area contributed by atoms with E-state index in [1.54, 1.807) is 10.7 Å². The molecule has 6 nitrogen and oxygen atoms in total. The quantitative estimate of drug-likeness (QED) is 0.626. The Morgan fingerprint density at radius 2 is 1.53 bits per heavy atom. The third kappa shape index (κ3) is 3.90. The summed E-state index contributed by atoms with van der Waals surface area (Å²) in [5, 5.41) is 4.40. The van der Waals surface area contributed by atoms with E-state index in [0.717, 1.165) is 74.1 Å². The first-order chi connectivity index (χ1) is 15.5. The van der Waals surface area contributed by atoms with Gasteiger partial charge in [0, 0.05) is 37.9 Å². The Morgan fingerprint density at radius 3 is 2.22 bits per heavy atom. The van der Waals surface area contributed by atoms with Crippen molar-refractivity contribution in [1.82, 2.24) is 19.4 Å². The molecule has 0 unspecified atom stereocenters. The number of amides is 2. The molecule has 2 fully saturated rings. The summed E-state index contributed by atoms with van der Waals surface area (Å²) in [6.07, 6.45) is 7.67. The molecule has 32 heavy (non-hydrogen) atoms. The third-order valence-electron chi connectivity index (χ3n) is 6.89. The second-order valence-corrected chi connectivity index (χ2v) is 9.29. The van der Waals surface area contributed by atoms with Gasteiger partial charge in [0.25, 0.3) is 11.8 Å². The lowest BCUT2D eigenvalue weighted by Gasteiger charge is -2.32. The first kappa shape index (κ1) is 20.7. The second kappa shape index (κ2) is 8.41. The number of carbonyl (C=O) groups is 2. The average molecular weight is 431 g/mol. The van der Waals surface area contributed by atoms with E-state index in [9.17, 15) is 9.59 Å². The van der Waals surface area contributed by atoms with E-state index in [0.29, 0.717) is 11.5 Å². The smallest absolute Gasteiger partial charge is 0.257 e. The van der Waals surface area contributed by atoms with Crippen molar-refractivity contribution < 1.29 is 9.59 Å². The molecule has 2 saturated heterocycles. The molecule has 0 bridgehead atoms. The van der Waals surface area contributed by atoms with Crippen molar-refractivity contribution in [3.8, 4) is 0 Å². The maximum absolute atomic E-state index is 13.0. The summed E-state index contributed by atoms with van der Waals surface area (Å²) in [4.78, 5) is 29.9. The van der Waals surface area contributed by atoms with E-state index >= 15 is 0 Å². The number of hydrogen-bond acceptors (Lipinski definition) is 3. The van der Waals surface area contributed by atoms with Gasteiger partial charge in [0.1, 0.15) is 0 Å². The molecule has 166 valence electrons. The number of carbonyl (C=O) groups excluding carboxylic acids is 2. The maximum atomic E-state index is 13.0. The van der Waals surface area contributed by atoms with Gasteiger partial charge in [0.2, 0.25) is 0 Å². The van der Waals surface area contributed by atoms with Crippen LogP contribution in [0.4, 0.5) is 0 Å². The predicted octanol–water partition coefficient (Wildman–Crippen LogP) is 4.21. The molecule has 5 rings (SSSR count). The highest BCUT2D eigenvalue weighted by atomic mass is 16.2. The molecule has 2 aliphatic rings. The molecule has 0 radical (unpaired) electrons. The SMILES string of the molecule is Cc1cc(C)cc(C(=O)N2CCC(c3ccn4ncc(C(=O)N5CCCC5)c4c3)CC2)c1. The van der Waals surface area contributed by atoms with Gasteiger partial charge >= 0.3 is 0 Å². The number of likely N-dealkylation sites (tertiary alicyclic amines) is 2. The summed E-state index contributed by atoms with van der Waals surface area (Å²) in [7, 11) is 0. The monoisotopic (exact) mass is 430 g/mol. The van der Waals surface area contributed by atoms with Gasteiger partial charge in [0.15, 0.2) is 0 Å². The highest BCUT2D eigenvalue weighted by Crippen LogP contribution is 2.30.